The number of rotatable bonds is 4. The summed E-state index contributed by atoms with van der Waals surface area (Å²) in [5.41, 5.74) is 1.37. The summed E-state index contributed by atoms with van der Waals surface area (Å²) < 4.78 is 26.3. The van der Waals surface area contributed by atoms with Crippen LogP contribution in [0.25, 0.3) is 0 Å². The van der Waals surface area contributed by atoms with Gasteiger partial charge in [0.05, 0.1) is 23.5 Å². The van der Waals surface area contributed by atoms with E-state index in [1.54, 1.807) is 24.3 Å². The molecule has 0 aliphatic rings. The Morgan fingerprint density at radius 1 is 1.10 bits per heavy atom. The quantitative estimate of drug-likeness (QED) is 0.809. The highest BCUT2D eigenvalue weighted by atomic mass is 79.9. The standard InChI is InChI=1S/C14H13BrClNO2S/c1-20(18,19)17(14-5-3-2-4-13(14)16)10-11-6-8-12(15)9-7-11/h2-9H,10H2,1H3. The van der Waals surface area contributed by atoms with Crippen LogP contribution < -0.4 is 4.31 Å². The molecule has 0 aliphatic heterocycles. The molecule has 0 saturated carbocycles. The minimum atomic E-state index is -3.41. The van der Waals surface area contributed by atoms with Gasteiger partial charge in [0, 0.05) is 4.47 Å². The van der Waals surface area contributed by atoms with Gasteiger partial charge in [-0.3, -0.25) is 4.31 Å². The highest BCUT2D eigenvalue weighted by molar-refractivity contribution is 9.10. The Morgan fingerprint density at radius 3 is 2.25 bits per heavy atom. The van der Waals surface area contributed by atoms with Gasteiger partial charge in [-0.05, 0) is 29.8 Å². The van der Waals surface area contributed by atoms with Crippen molar-refractivity contribution < 1.29 is 8.42 Å². The van der Waals surface area contributed by atoms with Crippen molar-refractivity contribution in [2.75, 3.05) is 10.6 Å². The van der Waals surface area contributed by atoms with Crippen molar-refractivity contribution in [3.05, 3.63) is 63.6 Å². The lowest BCUT2D eigenvalue weighted by Crippen LogP contribution is -2.29. The zero-order chi connectivity index (χ0) is 14.8. The zero-order valence-electron chi connectivity index (χ0n) is 10.8. The normalized spacial score (nSPS) is 11.3. The Labute approximate surface area is 132 Å². The fourth-order valence-corrected chi connectivity index (χ4v) is 3.24. The summed E-state index contributed by atoms with van der Waals surface area (Å²) in [5, 5.41) is 0.412. The SMILES string of the molecule is CS(=O)(=O)N(Cc1ccc(Br)cc1)c1ccccc1Cl. The minimum absolute atomic E-state index is 0.246. The van der Waals surface area contributed by atoms with E-state index in [1.165, 1.54) is 10.6 Å². The molecule has 0 aromatic heterocycles. The first-order valence-electron chi connectivity index (χ1n) is 5.84. The molecule has 0 saturated heterocycles. The molecule has 0 fully saturated rings. The predicted molar refractivity (Wildman–Crippen MR) is 86.6 cm³/mol. The predicted octanol–water partition coefficient (Wildman–Crippen LogP) is 4.07. The number of hydrogen-bond acceptors (Lipinski definition) is 2. The summed E-state index contributed by atoms with van der Waals surface area (Å²) >= 11 is 9.46. The average molecular weight is 375 g/mol. The first-order valence-corrected chi connectivity index (χ1v) is 8.86. The van der Waals surface area contributed by atoms with E-state index in [0.29, 0.717) is 10.7 Å². The Bertz CT molecular complexity index is 701. The Hall–Kier alpha value is -1.04. The number of hydrogen-bond donors (Lipinski definition) is 0. The second kappa shape index (κ2) is 6.16. The molecule has 0 radical (unpaired) electrons. The highest BCUT2D eigenvalue weighted by Crippen LogP contribution is 2.28. The number of benzene rings is 2. The van der Waals surface area contributed by atoms with Crippen molar-refractivity contribution in [1.82, 2.24) is 0 Å². The van der Waals surface area contributed by atoms with Crippen LogP contribution in [0, 0.1) is 0 Å². The molecule has 106 valence electrons. The fourth-order valence-electron chi connectivity index (χ4n) is 1.79. The van der Waals surface area contributed by atoms with Gasteiger partial charge in [-0.25, -0.2) is 8.42 Å². The summed E-state index contributed by atoms with van der Waals surface area (Å²) in [5.74, 6) is 0. The molecule has 2 rings (SSSR count). The third-order valence-electron chi connectivity index (χ3n) is 2.76. The van der Waals surface area contributed by atoms with E-state index in [0.717, 1.165) is 10.0 Å². The molecular formula is C14H13BrClNO2S. The third kappa shape index (κ3) is 3.75. The van der Waals surface area contributed by atoms with Crippen LogP contribution >= 0.6 is 27.5 Å². The van der Waals surface area contributed by atoms with Gasteiger partial charge < -0.3 is 0 Å². The van der Waals surface area contributed by atoms with Gasteiger partial charge in [-0.2, -0.15) is 0 Å². The number of sulfonamides is 1. The average Bonchev–Trinajstić information content (AvgIpc) is 2.38. The van der Waals surface area contributed by atoms with Crippen molar-refractivity contribution in [2.24, 2.45) is 0 Å². The van der Waals surface area contributed by atoms with Crippen LogP contribution in [0.3, 0.4) is 0 Å². The molecule has 0 amide bonds. The van der Waals surface area contributed by atoms with Crippen LogP contribution in [-0.4, -0.2) is 14.7 Å². The first-order chi connectivity index (χ1) is 9.38. The van der Waals surface area contributed by atoms with Crippen molar-refractivity contribution in [3.8, 4) is 0 Å². The molecule has 0 aliphatic carbocycles. The van der Waals surface area contributed by atoms with E-state index in [9.17, 15) is 8.42 Å². The van der Waals surface area contributed by atoms with Crippen molar-refractivity contribution in [3.63, 3.8) is 0 Å². The number of anilines is 1. The molecule has 2 aromatic rings. The van der Waals surface area contributed by atoms with E-state index in [2.05, 4.69) is 15.9 Å². The van der Waals surface area contributed by atoms with Crippen molar-refractivity contribution in [2.45, 2.75) is 6.54 Å². The minimum Gasteiger partial charge on any atom is -0.265 e. The number of para-hydroxylation sites is 1. The molecule has 0 atom stereocenters. The van der Waals surface area contributed by atoms with Crippen LogP contribution in [0.5, 0.6) is 0 Å². The van der Waals surface area contributed by atoms with Gasteiger partial charge in [0.1, 0.15) is 0 Å². The molecule has 20 heavy (non-hydrogen) atoms. The molecule has 3 nitrogen and oxygen atoms in total. The van der Waals surface area contributed by atoms with Gasteiger partial charge in [0.25, 0.3) is 0 Å². The van der Waals surface area contributed by atoms with Crippen LogP contribution in [0.4, 0.5) is 5.69 Å². The van der Waals surface area contributed by atoms with Crippen LogP contribution in [0.15, 0.2) is 53.0 Å². The number of nitrogens with zero attached hydrogens (tertiary/aromatic N) is 1. The monoisotopic (exact) mass is 373 g/mol. The molecule has 0 bridgehead atoms. The van der Waals surface area contributed by atoms with E-state index in [4.69, 9.17) is 11.6 Å². The molecule has 0 unspecified atom stereocenters. The first kappa shape index (κ1) is 15.4. The summed E-state index contributed by atoms with van der Waals surface area (Å²) in [7, 11) is -3.41. The van der Waals surface area contributed by atoms with E-state index in [-0.39, 0.29) is 6.54 Å². The van der Waals surface area contributed by atoms with Crippen LogP contribution in [-0.2, 0) is 16.6 Å². The van der Waals surface area contributed by atoms with Crippen molar-refractivity contribution >= 4 is 43.2 Å². The lowest BCUT2D eigenvalue weighted by molar-refractivity contribution is 0.596. The van der Waals surface area contributed by atoms with E-state index >= 15 is 0 Å². The van der Waals surface area contributed by atoms with Crippen LogP contribution in [0.2, 0.25) is 5.02 Å². The Morgan fingerprint density at radius 2 is 1.70 bits per heavy atom. The second-order valence-electron chi connectivity index (χ2n) is 4.35. The second-order valence-corrected chi connectivity index (χ2v) is 7.58. The van der Waals surface area contributed by atoms with Gasteiger partial charge >= 0.3 is 0 Å². The third-order valence-corrected chi connectivity index (χ3v) is 4.74. The van der Waals surface area contributed by atoms with E-state index in [1.807, 2.05) is 24.3 Å². The molecule has 6 heteroatoms. The maximum atomic E-state index is 12.0. The van der Waals surface area contributed by atoms with Crippen LogP contribution in [0.1, 0.15) is 5.56 Å². The van der Waals surface area contributed by atoms with Crippen molar-refractivity contribution in [1.29, 1.82) is 0 Å². The van der Waals surface area contributed by atoms with Gasteiger partial charge in [-0.1, -0.05) is 51.8 Å². The zero-order valence-corrected chi connectivity index (χ0v) is 13.9. The molecule has 0 heterocycles. The van der Waals surface area contributed by atoms with Gasteiger partial charge in [0.15, 0.2) is 0 Å². The summed E-state index contributed by atoms with van der Waals surface area (Å²) in [6, 6.07) is 14.4. The highest BCUT2D eigenvalue weighted by Gasteiger charge is 2.19. The summed E-state index contributed by atoms with van der Waals surface area (Å²) in [4.78, 5) is 0. The molecule has 0 spiro atoms. The van der Waals surface area contributed by atoms with Gasteiger partial charge in [-0.15, -0.1) is 0 Å². The summed E-state index contributed by atoms with van der Waals surface area (Å²) in [6.07, 6.45) is 1.18. The lowest BCUT2D eigenvalue weighted by Gasteiger charge is -2.23. The largest absolute Gasteiger partial charge is 0.265 e. The lowest BCUT2D eigenvalue weighted by atomic mass is 10.2. The maximum absolute atomic E-state index is 12.0. The van der Waals surface area contributed by atoms with Gasteiger partial charge in [0.2, 0.25) is 10.0 Å². The Balaban J connectivity index is 2.40. The fraction of sp³-hybridized carbons (Fsp3) is 0.143. The maximum Gasteiger partial charge on any atom is 0.232 e. The number of halogens is 2. The van der Waals surface area contributed by atoms with E-state index < -0.39 is 10.0 Å². The summed E-state index contributed by atoms with van der Waals surface area (Å²) in [6.45, 7) is 0.246. The molecular weight excluding hydrogens is 362 g/mol. The Kier molecular flexibility index (Phi) is 4.73. The topological polar surface area (TPSA) is 37.4 Å². The molecule has 0 N–H and O–H groups in total. The smallest absolute Gasteiger partial charge is 0.232 e. The molecule has 2 aromatic carbocycles.